The van der Waals surface area contributed by atoms with Gasteiger partial charge in [0.15, 0.2) is 5.57 Å². The maximum atomic E-state index is 12.3. The zero-order chi connectivity index (χ0) is 19.0. The van der Waals surface area contributed by atoms with Crippen LogP contribution in [0.15, 0.2) is 40.9 Å². The quantitative estimate of drug-likeness (QED) is 0.399. The minimum absolute atomic E-state index is 0.0804. The van der Waals surface area contributed by atoms with Gasteiger partial charge < -0.3 is 14.8 Å². The normalized spacial score (nSPS) is 17.5. The molecule has 0 amide bonds. The Morgan fingerprint density at radius 1 is 1.42 bits per heavy atom. The van der Waals surface area contributed by atoms with Crippen LogP contribution in [0.2, 0.25) is 0 Å². The summed E-state index contributed by atoms with van der Waals surface area (Å²) in [6, 6.07) is 7.69. The smallest absolute Gasteiger partial charge is 0.350 e. The van der Waals surface area contributed by atoms with Gasteiger partial charge >= 0.3 is 5.97 Å². The molecule has 1 aromatic rings. The molecule has 1 atom stereocenters. The first kappa shape index (κ1) is 19.9. The molecule has 9 heteroatoms. The lowest BCUT2D eigenvalue weighted by atomic mass is 10.2. The molecular weight excluding hydrogens is 358 g/mol. The van der Waals surface area contributed by atoms with Crippen LogP contribution in [-0.2, 0) is 24.3 Å². The molecule has 2 rings (SSSR count). The number of benzene rings is 1. The predicted molar refractivity (Wildman–Crippen MR) is 94.6 cm³/mol. The van der Waals surface area contributed by atoms with E-state index in [1.807, 2.05) is 0 Å². The highest BCUT2D eigenvalue weighted by Gasteiger charge is 2.20. The molecule has 8 nitrogen and oxygen atoms in total. The van der Waals surface area contributed by atoms with Gasteiger partial charge in [0.05, 0.1) is 17.6 Å². The Labute approximate surface area is 152 Å². The molecule has 140 valence electrons. The van der Waals surface area contributed by atoms with Crippen molar-refractivity contribution >= 4 is 21.7 Å². The Balaban J connectivity index is 1.98. The van der Waals surface area contributed by atoms with Crippen molar-refractivity contribution in [2.24, 2.45) is 0 Å². The van der Waals surface area contributed by atoms with Gasteiger partial charge in [0.25, 0.3) is 0 Å². The summed E-state index contributed by atoms with van der Waals surface area (Å²) in [5.41, 5.74) is 0.349. The van der Waals surface area contributed by atoms with E-state index in [2.05, 4.69) is 10.0 Å². The summed E-state index contributed by atoms with van der Waals surface area (Å²) in [6.07, 6.45) is 2.93. The van der Waals surface area contributed by atoms with Crippen molar-refractivity contribution in [3.8, 4) is 6.07 Å². The van der Waals surface area contributed by atoms with Crippen LogP contribution in [-0.4, -0.2) is 40.2 Å². The molecule has 0 bridgehead atoms. The number of carbonyl (C=O) groups is 1. The van der Waals surface area contributed by atoms with Crippen LogP contribution in [0, 0.1) is 11.3 Å². The van der Waals surface area contributed by atoms with Crippen LogP contribution in [0.4, 0.5) is 5.69 Å². The van der Waals surface area contributed by atoms with E-state index in [9.17, 15) is 13.2 Å². The molecular formula is C17H21N3O5S. The second kappa shape index (κ2) is 9.33. The van der Waals surface area contributed by atoms with Crippen LogP contribution in [0.25, 0.3) is 0 Å². The molecule has 1 heterocycles. The second-order valence-corrected chi connectivity index (χ2v) is 7.31. The Bertz CT molecular complexity index is 791. The van der Waals surface area contributed by atoms with Crippen molar-refractivity contribution in [2.75, 3.05) is 25.1 Å². The van der Waals surface area contributed by atoms with E-state index < -0.39 is 16.0 Å². The van der Waals surface area contributed by atoms with Crippen molar-refractivity contribution < 1.29 is 22.7 Å². The first-order valence-electron chi connectivity index (χ1n) is 8.21. The van der Waals surface area contributed by atoms with Gasteiger partial charge in [-0.3, -0.25) is 0 Å². The molecule has 26 heavy (non-hydrogen) atoms. The van der Waals surface area contributed by atoms with Crippen molar-refractivity contribution in [1.82, 2.24) is 4.72 Å². The highest BCUT2D eigenvalue weighted by molar-refractivity contribution is 7.89. The average molecular weight is 379 g/mol. The molecule has 0 saturated carbocycles. The molecule has 0 aliphatic carbocycles. The predicted octanol–water partition coefficient (Wildman–Crippen LogP) is 1.53. The van der Waals surface area contributed by atoms with Gasteiger partial charge in [-0.05, 0) is 44.0 Å². The summed E-state index contributed by atoms with van der Waals surface area (Å²) in [4.78, 5) is 11.6. The maximum absolute atomic E-state index is 12.3. The molecule has 0 aromatic heterocycles. The fourth-order valence-electron chi connectivity index (χ4n) is 2.32. The van der Waals surface area contributed by atoms with Gasteiger partial charge in [-0.2, -0.15) is 5.26 Å². The van der Waals surface area contributed by atoms with E-state index >= 15 is 0 Å². The van der Waals surface area contributed by atoms with Crippen LogP contribution >= 0.6 is 0 Å². The van der Waals surface area contributed by atoms with Gasteiger partial charge in [0.2, 0.25) is 10.0 Å². The Kier molecular flexibility index (Phi) is 7.15. The number of nitrogens with one attached hydrogen (secondary N) is 2. The number of ether oxygens (including phenoxy) is 2. The summed E-state index contributed by atoms with van der Waals surface area (Å²) < 4.78 is 37.2. The number of esters is 1. The maximum Gasteiger partial charge on any atom is 0.350 e. The van der Waals surface area contributed by atoms with Gasteiger partial charge in [-0.25, -0.2) is 17.9 Å². The molecule has 0 spiro atoms. The monoisotopic (exact) mass is 379 g/mol. The summed E-state index contributed by atoms with van der Waals surface area (Å²) in [5, 5.41) is 11.7. The lowest BCUT2D eigenvalue weighted by molar-refractivity contribution is -0.138. The highest BCUT2D eigenvalue weighted by atomic mass is 32.2. The van der Waals surface area contributed by atoms with Crippen molar-refractivity contribution in [2.45, 2.75) is 30.8 Å². The van der Waals surface area contributed by atoms with Crippen molar-refractivity contribution in [1.29, 1.82) is 5.26 Å². The van der Waals surface area contributed by atoms with Crippen LogP contribution in [0.1, 0.15) is 19.8 Å². The van der Waals surface area contributed by atoms with Crippen molar-refractivity contribution in [3.05, 3.63) is 36.0 Å². The molecule has 1 saturated heterocycles. The highest BCUT2D eigenvalue weighted by Crippen LogP contribution is 2.16. The third kappa shape index (κ3) is 5.56. The van der Waals surface area contributed by atoms with Crippen LogP contribution in [0.5, 0.6) is 0 Å². The SMILES string of the molecule is CCOC(=O)/C(C#N)=C/Nc1ccc(S(=O)(=O)NCC2CCCO2)cc1. The molecule has 0 radical (unpaired) electrons. The zero-order valence-electron chi connectivity index (χ0n) is 14.4. The van der Waals surface area contributed by atoms with E-state index in [-0.39, 0.29) is 29.7 Å². The van der Waals surface area contributed by atoms with Gasteiger partial charge in [-0.15, -0.1) is 0 Å². The Morgan fingerprint density at radius 3 is 2.73 bits per heavy atom. The number of nitrogens with zero attached hydrogens (tertiary/aromatic N) is 1. The molecule has 1 unspecified atom stereocenters. The van der Waals surface area contributed by atoms with E-state index in [1.54, 1.807) is 13.0 Å². The topological polar surface area (TPSA) is 118 Å². The first-order valence-corrected chi connectivity index (χ1v) is 9.70. The molecule has 1 aromatic carbocycles. The van der Waals surface area contributed by atoms with Crippen LogP contribution < -0.4 is 10.0 Å². The number of anilines is 1. The van der Waals surface area contributed by atoms with Crippen LogP contribution in [0.3, 0.4) is 0 Å². The lowest BCUT2D eigenvalue weighted by Gasteiger charge is -2.11. The minimum Gasteiger partial charge on any atom is -0.462 e. The Morgan fingerprint density at radius 2 is 2.15 bits per heavy atom. The molecule has 1 aliphatic heterocycles. The number of hydrogen-bond donors (Lipinski definition) is 2. The van der Waals surface area contributed by atoms with E-state index in [0.29, 0.717) is 12.3 Å². The summed E-state index contributed by atoms with van der Waals surface area (Å²) in [5.74, 6) is -0.722. The number of hydrogen-bond acceptors (Lipinski definition) is 7. The zero-order valence-corrected chi connectivity index (χ0v) is 15.2. The minimum atomic E-state index is -3.62. The third-order valence-electron chi connectivity index (χ3n) is 3.69. The fraction of sp³-hybridized carbons (Fsp3) is 0.412. The Hall–Kier alpha value is -2.41. The number of rotatable bonds is 8. The van der Waals surface area contributed by atoms with E-state index in [1.165, 1.54) is 30.5 Å². The average Bonchev–Trinajstić information content (AvgIpc) is 3.15. The van der Waals surface area contributed by atoms with Gasteiger partial charge in [-0.1, -0.05) is 0 Å². The fourth-order valence-corrected chi connectivity index (χ4v) is 3.39. The summed E-state index contributed by atoms with van der Waals surface area (Å²) in [6.45, 7) is 2.72. The number of carbonyl (C=O) groups excluding carboxylic acids is 1. The number of sulfonamides is 1. The van der Waals surface area contributed by atoms with E-state index in [4.69, 9.17) is 14.7 Å². The number of nitriles is 1. The molecule has 1 aliphatic rings. The van der Waals surface area contributed by atoms with E-state index in [0.717, 1.165) is 12.8 Å². The van der Waals surface area contributed by atoms with Gasteiger partial charge in [0, 0.05) is 25.0 Å². The second-order valence-electron chi connectivity index (χ2n) is 5.55. The standard InChI is InChI=1S/C17H21N3O5S/c1-2-24-17(21)13(10-18)11-19-14-5-7-16(8-6-14)26(22,23)20-12-15-4-3-9-25-15/h5-8,11,15,19-20H,2-4,9,12H2,1H3/b13-11+. The van der Waals surface area contributed by atoms with Crippen molar-refractivity contribution in [3.63, 3.8) is 0 Å². The first-order chi connectivity index (χ1) is 12.5. The van der Waals surface area contributed by atoms with Gasteiger partial charge in [0.1, 0.15) is 6.07 Å². The third-order valence-corrected chi connectivity index (χ3v) is 5.13. The lowest BCUT2D eigenvalue weighted by Crippen LogP contribution is -2.31. The summed E-state index contributed by atoms with van der Waals surface area (Å²) >= 11 is 0. The summed E-state index contributed by atoms with van der Waals surface area (Å²) in [7, 11) is -3.62. The largest absolute Gasteiger partial charge is 0.462 e. The molecule has 1 fully saturated rings. The molecule has 2 N–H and O–H groups in total.